The number of methoxy groups -OCH3 is 1. The van der Waals surface area contributed by atoms with Crippen molar-refractivity contribution in [3.8, 4) is 17.2 Å². The molecular weight excluding hydrogens is 332 g/mol. The summed E-state index contributed by atoms with van der Waals surface area (Å²) in [5.74, 6) is -0.485. The molecule has 0 unspecified atom stereocenters. The van der Waals surface area contributed by atoms with E-state index in [9.17, 15) is 22.3 Å². The average molecular weight is 345 g/mol. The van der Waals surface area contributed by atoms with Gasteiger partial charge >= 0.3 is 6.61 Å². The molecule has 0 bridgehead atoms. The lowest BCUT2D eigenvalue weighted by atomic mass is 10.3. The number of halogens is 2. The normalized spacial score (nSPS) is 11.3. The van der Waals surface area contributed by atoms with Gasteiger partial charge in [0.25, 0.3) is 10.0 Å². The van der Waals surface area contributed by atoms with Gasteiger partial charge in [0, 0.05) is 18.2 Å². The Hall–Kier alpha value is -2.55. The summed E-state index contributed by atoms with van der Waals surface area (Å²) >= 11 is 0. The molecule has 0 spiro atoms. The van der Waals surface area contributed by atoms with Crippen molar-refractivity contribution < 1.29 is 31.8 Å². The lowest BCUT2D eigenvalue weighted by molar-refractivity contribution is -0.0517. The minimum absolute atomic E-state index is 0.00806. The number of anilines is 1. The first-order chi connectivity index (χ1) is 10.8. The summed E-state index contributed by atoms with van der Waals surface area (Å²) in [6.07, 6.45) is 0. The Morgan fingerprint density at radius 3 is 2.52 bits per heavy atom. The predicted molar refractivity (Wildman–Crippen MR) is 78.5 cm³/mol. The van der Waals surface area contributed by atoms with Gasteiger partial charge in [-0.1, -0.05) is 12.1 Å². The third-order valence-corrected chi connectivity index (χ3v) is 4.15. The Morgan fingerprint density at radius 1 is 1.17 bits per heavy atom. The zero-order valence-electron chi connectivity index (χ0n) is 11.9. The second kappa shape index (κ2) is 6.69. The van der Waals surface area contributed by atoms with Crippen molar-refractivity contribution in [2.75, 3.05) is 11.8 Å². The van der Waals surface area contributed by atoms with Gasteiger partial charge in [-0.15, -0.1) is 0 Å². The standard InChI is InChI=1S/C14H13F2NO5S/c1-21-11-7-9(6-10(18)8-11)17-23(19,20)13-5-3-2-4-12(13)22-14(15)16/h2-8,14,17-18H,1H3. The van der Waals surface area contributed by atoms with Gasteiger partial charge in [0.05, 0.1) is 12.8 Å². The first-order valence-electron chi connectivity index (χ1n) is 6.26. The van der Waals surface area contributed by atoms with Crippen LogP contribution in [0.3, 0.4) is 0 Å². The van der Waals surface area contributed by atoms with E-state index in [0.29, 0.717) is 0 Å². The molecule has 0 aliphatic rings. The summed E-state index contributed by atoms with van der Waals surface area (Å²) in [5, 5.41) is 9.53. The second-order valence-electron chi connectivity index (χ2n) is 4.35. The molecule has 23 heavy (non-hydrogen) atoms. The first kappa shape index (κ1) is 16.8. The molecule has 0 saturated carbocycles. The third-order valence-electron chi connectivity index (χ3n) is 2.73. The van der Waals surface area contributed by atoms with Gasteiger partial charge in [0.2, 0.25) is 0 Å². The molecule has 2 aromatic carbocycles. The number of aromatic hydroxyl groups is 1. The van der Waals surface area contributed by atoms with Crippen LogP contribution in [0.5, 0.6) is 17.2 Å². The zero-order chi connectivity index (χ0) is 17.0. The molecule has 0 aliphatic carbocycles. The lowest BCUT2D eigenvalue weighted by Gasteiger charge is -2.13. The van der Waals surface area contributed by atoms with Gasteiger partial charge in [-0.2, -0.15) is 8.78 Å². The highest BCUT2D eigenvalue weighted by atomic mass is 32.2. The van der Waals surface area contributed by atoms with Crippen LogP contribution >= 0.6 is 0 Å². The first-order valence-corrected chi connectivity index (χ1v) is 7.75. The summed E-state index contributed by atoms with van der Waals surface area (Å²) < 4.78 is 60.8. The molecule has 124 valence electrons. The molecule has 0 atom stereocenters. The maximum absolute atomic E-state index is 12.4. The van der Waals surface area contributed by atoms with E-state index in [2.05, 4.69) is 9.46 Å². The summed E-state index contributed by atoms with van der Waals surface area (Å²) in [6.45, 7) is -3.16. The molecule has 0 aliphatic heterocycles. The van der Waals surface area contributed by atoms with Crippen molar-refractivity contribution in [2.45, 2.75) is 11.5 Å². The topological polar surface area (TPSA) is 84.9 Å². The number of phenolic OH excluding ortho intramolecular Hbond substituents is 1. The number of nitrogens with one attached hydrogen (secondary N) is 1. The van der Waals surface area contributed by atoms with Gasteiger partial charge in [-0.25, -0.2) is 8.42 Å². The number of alkyl halides is 2. The van der Waals surface area contributed by atoms with E-state index in [-0.39, 0.29) is 17.2 Å². The van der Waals surface area contributed by atoms with E-state index in [4.69, 9.17) is 4.74 Å². The molecule has 0 aromatic heterocycles. The number of ether oxygens (including phenoxy) is 2. The van der Waals surface area contributed by atoms with E-state index in [1.165, 1.54) is 31.4 Å². The molecular formula is C14H13F2NO5S. The van der Waals surface area contributed by atoms with Gasteiger partial charge in [-0.05, 0) is 12.1 Å². The maximum Gasteiger partial charge on any atom is 0.387 e. The number of hydrogen-bond donors (Lipinski definition) is 2. The number of para-hydroxylation sites is 1. The predicted octanol–water partition coefficient (Wildman–Crippen LogP) is 2.80. The van der Waals surface area contributed by atoms with Gasteiger partial charge in [-0.3, -0.25) is 4.72 Å². The van der Waals surface area contributed by atoms with Crippen LogP contribution in [0.2, 0.25) is 0 Å². The minimum Gasteiger partial charge on any atom is -0.508 e. The molecule has 0 amide bonds. The van der Waals surface area contributed by atoms with Gasteiger partial charge in [0.1, 0.15) is 22.1 Å². The fraction of sp³-hybridized carbons (Fsp3) is 0.143. The van der Waals surface area contributed by atoms with E-state index in [0.717, 1.165) is 18.2 Å². The van der Waals surface area contributed by atoms with Crippen molar-refractivity contribution in [3.63, 3.8) is 0 Å². The van der Waals surface area contributed by atoms with Gasteiger partial charge < -0.3 is 14.6 Å². The quantitative estimate of drug-likeness (QED) is 0.841. The molecule has 6 nitrogen and oxygen atoms in total. The fourth-order valence-corrected chi connectivity index (χ4v) is 3.01. The summed E-state index contributed by atoms with van der Waals surface area (Å²) in [7, 11) is -2.86. The zero-order valence-corrected chi connectivity index (χ0v) is 12.7. The molecule has 9 heteroatoms. The summed E-state index contributed by atoms with van der Waals surface area (Å²) in [6, 6.07) is 8.74. The molecule has 0 heterocycles. The van der Waals surface area contributed by atoms with Crippen molar-refractivity contribution in [1.82, 2.24) is 0 Å². The second-order valence-corrected chi connectivity index (χ2v) is 6.00. The minimum atomic E-state index is -4.21. The van der Waals surface area contributed by atoms with Crippen LogP contribution in [0.15, 0.2) is 47.4 Å². The lowest BCUT2D eigenvalue weighted by Crippen LogP contribution is -2.15. The van der Waals surface area contributed by atoms with Crippen LogP contribution in [0, 0.1) is 0 Å². The largest absolute Gasteiger partial charge is 0.508 e. The molecule has 2 rings (SSSR count). The Balaban J connectivity index is 2.38. The number of sulfonamides is 1. The maximum atomic E-state index is 12.4. The Morgan fingerprint density at radius 2 is 1.87 bits per heavy atom. The molecule has 0 radical (unpaired) electrons. The van der Waals surface area contributed by atoms with Crippen LogP contribution in [-0.2, 0) is 10.0 Å². The van der Waals surface area contributed by atoms with E-state index >= 15 is 0 Å². The highest BCUT2D eigenvalue weighted by molar-refractivity contribution is 7.92. The third kappa shape index (κ3) is 4.22. The van der Waals surface area contributed by atoms with E-state index in [1.807, 2.05) is 0 Å². The SMILES string of the molecule is COc1cc(O)cc(NS(=O)(=O)c2ccccc2OC(F)F)c1. The number of benzene rings is 2. The van der Waals surface area contributed by atoms with Crippen LogP contribution in [0.4, 0.5) is 14.5 Å². The van der Waals surface area contributed by atoms with Crippen LogP contribution in [-0.4, -0.2) is 27.2 Å². The molecule has 2 aromatic rings. The molecule has 2 N–H and O–H groups in total. The van der Waals surface area contributed by atoms with Crippen LogP contribution in [0.1, 0.15) is 0 Å². The van der Waals surface area contributed by atoms with Crippen molar-refractivity contribution in [1.29, 1.82) is 0 Å². The number of rotatable bonds is 6. The van der Waals surface area contributed by atoms with E-state index < -0.39 is 27.3 Å². The Kier molecular flexibility index (Phi) is 4.89. The smallest absolute Gasteiger partial charge is 0.387 e. The summed E-state index contributed by atoms with van der Waals surface area (Å²) in [5.41, 5.74) is 0.00806. The number of phenols is 1. The Labute approximate surface area is 131 Å². The van der Waals surface area contributed by atoms with Crippen LogP contribution in [0.25, 0.3) is 0 Å². The molecule has 0 fully saturated rings. The highest BCUT2D eigenvalue weighted by Crippen LogP contribution is 2.30. The summed E-state index contributed by atoms with van der Waals surface area (Å²) in [4.78, 5) is -0.456. The molecule has 0 saturated heterocycles. The average Bonchev–Trinajstić information content (AvgIpc) is 2.45. The van der Waals surface area contributed by atoms with Crippen molar-refractivity contribution >= 4 is 15.7 Å². The van der Waals surface area contributed by atoms with Crippen LogP contribution < -0.4 is 14.2 Å². The number of hydrogen-bond acceptors (Lipinski definition) is 5. The fourth-order valence-electron chi connectivity index (χ4n) is 1.84. The van der Waals surface area contributed by atoms with Crippen molar-refractivity contribution in [3.05, 3.63) is 42.5 Å². The Bertz CT molecular complexity index is 796. The monoisotopic (exact) mass is 345 g/mol. The highest BCUT2D eigenvalue weighted by Gasteiger charge is 2.21. The van der Waals surface area contributed by atoms with E-state index in [1.54, 1.807) is 0 Å². The van der Waals surface area contributed by atoms with Crippen molar-refractivity contribution in [2.24, 2.45) is 0 Å². The van der Waals surface area contributed by atoms with Gasteiger partial charge in [0.15, 0.2) is 0 Å².